The van der Waals surface area contributed by atoms with Gasteiger partial charge in [-0.1, -0.05) is 0 Å². The maximum Gasteiger partial charge on any atom is 0.320 e. The zero-order chi connectivity index (χ0) is 13.2. The van der Waals surface area contributed by atoms with Gasteiger partial charge >= 0.3 is 5.97 Å². The molecule has 2 unspecified atom stereocenters. The van der Waals surface area contributed by atoms with E-state index >= 15 is 0 Å². The fourth-order valence-corrected chi connectivity index (χ4v) is 2.28. The van der Waals surface area contributed by atoms with Crippen molar-refractivity contribution in [2.45, 2.75) is 30.8 Å². The van der Waals surface area contributed by atoms with Gasteiger partial charge < -0.3 is 27.2 Å². The summed E-state index contributed by atoms with van der Waals surface area (Å²) in [6.45, 7) is 0.487. The van der Waals surface area contributed by atoms with Crippen molar-refractivity contribution >= 4 is 17.8 Å². The number of hydrogen-bond donors (Lipinski definition) is 6. The summed E-state index contributed by atoms with van der Waals surface area (Å²) in [7, 11) is 0. The van der Waals surface area contributed by atoms with Crippen molar-refractivity contribution in [2.24, 2.45) is 17.2 Å². The van der Waals surface area contributed by atoms with Crippen LogP contribution in [0.15, 0.2) is 0 Å². The first kappa shape index (κ1) is 13.2. The lowest BCUT2D eigenvalue weighted by Crippen LogP contribution is -2.60. The summed E-state index contributed by atoms with van der Waals surface area (Å²) < 4.78 is 0. The molecule has 0 aromatic carbocycles. The standard InChI is InChI=1S/C9H18N6O2/c10-5(6(16)17)4-9(7(11)12)2-1-3-15(9)8(13)14/h5H,1-4,10H2,(H3,11,12)(H3,13,14)(H,16,17). The van der Waals surface area contributed by atoms with Crippen LogP contribution < -0.4 is 17.2 Å². The summed E-state index contributed by atoms with van der Waals surface area (Å²) in [5.74, 6) is -1.56. The van der Waals surface area contributed by atoms with Crippen LogP contribution in [0.4, 0.5) is 0 Å². The molecule has 0 bridgehead atoms. The van der Waals surface area contributed by atoms with E-state index in [1.807, 2.05) is 0 Å². The van der Waals surface area contributed by atoms with E-state index in [1.54, 1.807) is 0 Å². The molecule has 0 saturated carbocycles. The van der Waals surface area contributed by atoms with Crippen LogP contribution in [0, 0.1) is 10.8 Å². The van der Waals surface area contributed by atoms with E-state index < -0.39 is 17.6 Å². The predicted octanol–water partition coefficient (Wildman–Crippen LogP) is -1.55. The van der Waals surface area contributed by atoms with E-state index in [2.05, 4.69) is 0 Å². The number of carbonyl (C=O) groups is 1. The first-order valence-electron chi connectivity index (χ1n) is 5.26. The summed E-state index contributed by atoms with van der Waals surface area (Å²) in [4.78, 5) is 12.2. The zero-order valence-electron chi connectivity index (χ0n) is 9.44. The zero-order valence-corrected chi connectivity index (χ0v) is 9.44. The van der Waals surface area contributed by atoms with Crippen molar-refractivity contribution in [1.82, 2.24) is 4.90 Å². The van der Waals surface area contributed by atoms with Crippen LogP contribution in [-0.2, 0) is 4.79 Å². The molecule has 1 saturated heterocycles. The van der Waals surface area contributed by atoms with Gasteiger partial charge in [-0.05, 0) is 12.8 Å². The SMILES string of the molecule is N=C(N)N1CCCC1(CC(N)C(=O)O)C(=N)N. The summed E-state index contributed by atoms with van der Waals surface area (Å²) in [6, 6.07) is -1.13. The van der Waals surface area contributed by atoms with Crippen molar-refractivity contribution in [3.63, 3.8) is 0 Å². The highest BCUT2D eigenvalue weighted by molar-refractivity contribution is 5.93. The second kappa shape index (κ2) is 4.58. The average molecular weight is 242 g/mol. The van der Waals surface area contributed by atoms with Crippen LogP contribution in [0.5, 0.6) is 0 Å². The van der Waals surface area contributed by atoms with Crippen LogP contribution in [-0.4, -0.2) is 45.9 Å². The number of nitrogens with zero attached hydrogens (tertiary/aromatic N) is 1. The molecule has 8 heteroatoms. The minimum absolute atomic E-state index is 0.0166. The predicted molar refractivity (Wildman–Crippen MR) is 62.7 cm³/mol. The minimum atomic E-state index is -1.15. The number of rotatable bonds is 4. The molecule has 1 aliphatic rings. The topological polar surface area (TPSA) is 166 Å². The largest absolute Gasteiger partial charge is 0.480 e. The van der Waals surface area contributed by atoms with Crippen molar-refractivity contribution in [3.8, 4) is 0 Å². The van der Waals surface area contributed by atoms with Crippen LogP contribution in [0.25, 0.3) is 0 Å². The molecular weight excluding hydrogens is 224 g/mol. The Morgan fingerprint density at radius 3 is 2.47 bits per heavy atom. The second-order valence-electron chi connectivity index (χ2n) is 4.23. The fraction of sp³-hybridized carbons (Fsp3) is 0.667. The normalized spacial score (nSPS) is 25.6. The van der Waals surface area contributed by atoms with Gasteiger partial charge in [0.1, 0.15) is 17.4 Å². The Bertz CT molecular complexity index is 357. The molecule has 1 aliphatic heterocycles. The van der Waals surface area contributed by atoms with E-state index in [-0.39, 0.29) is 18.2 Å². The number of aliphatic carboxylic acids is 1. The van der Waals surface area contributed by atoms with Gasteiger partial charge in [0, 0.05) is 13.0 Å². The Labute approximate surface area is 98.8 Å². The van der Waals surface area contributed by atoms with Crippen molar-refractivity contribution in [1.29, 1.82) is 10.8 Å². The van der Waals surface area contributed by atoms with Crippen molar-refractivity contribution < 1.29 is 9.90 Å². The molecule has 17 heavy (non-hydrogen) atoms. The Kier molecular flexibility index (Phi) is 3.56. The molecule has 96 valence electrons. The highest BCUT2D eigenvalue weighted by Gasteiger charge is 2.46. The number of carboxylic acids is 1. The number of nitrogens with two attached hydrogens (primary N) is 3. The van der Waals surface area contributed by atoms with Gasteiger partial charge in [0.2, 0.25) is 0 Å². The molecule has 1 heterocycles. The Hall–Kier alpha value is -1.83. The average Bonchev–Trinajstić information content (AvgIpc) is 2.62. The number of carboxylic acid groups (broad SMARTS) is 1. The van der Waals surface area contributed by atoms with Crippen LogP contribution in [0.3, 0.4) is 0 Å². The molecular formula is C9H18N6O2. The summed E-state index contributed by atoms with van der Waals surface area (Å²) in [5, 5.41) is 23.9. The van der Waals surface area contributed by atoms with Crippen LogP contribution in [0.1, 0.15) is 19.3 Å². The van der Waals surface area contributed by atoms with E-state index in [0.717, 1.165) is 0 Å². The maximum atomic E-state index is 10.8. The molecule has 0 amide bonds. The van der Waals surface area contributed by atoms with Crippen molar-refractivity contribution in [3.05, 3.63) is 0 Å². The molecule has 0 spiro atoms. The highest BCUT2D eigenvalue weighted by Crippen LogP contribution is 2.32. The number of hydrogen-bond acceptors (Lipinski definition) is 4. The van der Waals surface area contributed by atoms with Gasteiger partial charge in [0.25, 0.3) is 0 Å². The molecule has 1 fully saturated rings. The number of amidine groups is 1. The van der Waals surface area contributed by atoms with Gasteiger partial charge in [-0.2, -0.15) is 0 Å². The van der Waals surface area contributed by atoms with Gasteiger partial charge in [-0.3, -0.25) is 15.6 Å². The Morgan fingerprint density at radius 1 is 1.47 bits per heavy atom. The molecule has 0 aromatic rings. The lowest BCUT2D eigenvalue weighted by Gasteiger charge is -2.38. The maximum absolute atomic E-state index is 10.8. The summed E-state index contributed by atoms with van der Waals surface area (Å²) in [5.41, 5.74) is 15.4. The Balaban J connectivity index is 3.01. The van der Waals surface area contributed by atoms with Gasteiger partial charge in [-0.15, -0.1) is 0 Å². The first-order valence-corrected chi connectivity index (χ1v) is 5.26. The highest BCUT2D eigenvalue weighted by atomic mass is 16.4. The number of likely N-dealkylation sites (tertiary alicyclic amines) is 1. The third-order valence-corrected chi connectivity index (χ3v) is 3.16. The fourth-order valence-electron chi connectivity index (χ4n) is 2.28. The third kappa shape index (κ3) is 2.31. The molecule has 8 nitrogen and oxygen atoms in total. The van der Waals surface area contributed by atoms with Gasteiger partial charge in [-0.25, -0.2) is 0 Å². The van der Waals surface area contributed by atoms with Gasteiger partial charge in [0.05, 0.1) is 0 Å². The molecule has 9 N–H and O–H groups in total. The Morgan fingerprint density at radius 2 is 2.06 bits per heavy atom. The summed E-state index contributed by atoms with van der Waals surface area (Å²) >= 11 is 0. The van der Waals surface area contributed by atoms with Crippen LogP contribution in [0.2, 0.25) is 0 Å². The number of nitrogens with one attached hydrogen (secondary N) is 2. The van der Waals surface area contributed by atoms with E-state index in [0.29, 0.717) is 19.4 Å². The molecule has 0 radical (unpaired) electrons. The van der Waals surface area contributed by atoms with E-state index in [9.17, 15) is 4.79 Å². The van der Waals surface area contributed by atoms with E-state index in [1.165, 1.54) is 4.90 Å². The van der Waals surface area contributed by atoms with Crippen molar-refractivity contribution in [2.75, 3.05) is 6.54 Å². The van der Waals surface area contributed by atoms with Gasteiger partial charge in [0.15, 0.2) is 5.96 Å². The molecule has 0 aliphatic carbocycles. The summed E-state index contributed by atoms with van der Waals surface area (Å²) in [6.07, 6.45) is 1.17. The van der Waals surface area contributed by atoms with Crippen LogP contribution >= 0.6 is 0 Å². The van der Waals surface area contributed by atoms with E-state index in [4.69, 9.17) is 33.1 Å². The lowest BCUT2D eigenvalue weighted by atomic mass is 9.87. The second-order valence-corrected chi connectivity index (χ2v) is 4.23. The minimum Gasteiger partial charge on any atom is -0.480 e. The smallest absolute Gasteiger partial charge is 0.320 e. The third-order valence-electron chi connectivity index (χ3n) is 3.16. The molecule has 2 atom stereocenters. The first-order chi connectivity index (χ1) is 7.81. The molecule has 0 aromatic heterocycles. The number of guanidine groups is 1. The quantitative estimate of drug-likeness (QED) is 0.258. The monoisotopic (exact) mass is 242 g/mol. The molecule has 1 rings (SSSR count). The lowest BCUT2D eigenvalue weighted by molar-refractivity contribution is -0.139.